The third kappa shape index (κ3) is 18.7. The molecule has 192 valence electrons. The lowest BCUT2D eigenvalue weighted by Crippen LogP contribution is -3.00. The van der Waals surface area contributed by atoms with Crippen LogP contribution in [0.4, 0.5) is 0 Å². The quantitative estimate of drug-likeness (QED) is 0.146. The number of carbonyl (C=O) groups is 2. The van der Waals surface area contributed by atoms with Crippen LogP contribution in [-0.2, 0) is 19.3 Å². The molecule has 32 heavy (non-hydrogen) atoms. The van der Waals surface area contributed by atoms with Crippen LogP contribution in [0.25, 0.3) is 0 Å². The van der Waals surface area contributed by atoms with Crippen LogP contribution >= 0.6 is 0 Å². The summed E-state index contributed by atoms with van der Waals surface area (Å²) in [6.07, 6.45) is 17.1. The van der Waals surface area contributed by atoms with Gasteiger partial charge in [0.15, 0.2) is 13.1 Å². The van der Waals surface area contributed by atoms with Crippen LogP contribution in [0.1, 0.15) is 130 Å². The standard InChI is InChI=1S/C25H50NO5.ClH/c1-4-7-9-11-13-15-17-19-24(28)30-26(21-6-3,22-23-27)31-25(29)20-18-16-14-12-10-8-5-2;/h27H,4-23H2,1-3H3;1H/q+1;/p-1. The molecule has 0 aromatic rings. The fraction of sp³-hybridized carbons (Fsp3) is 0.920. The minimum atomic E-state index is -0.544. The van der Waals surface area contributed by atoms with E-state index in [9.17, 15) is 14.7 Å². The number of hydrogen-bond donors (Lipinski definition) is 1. The molecule has 0 heterocycles. The van der Waals surface area contributed by atoms with Gasteiger partial charge in [-0.15, -0.1) is 0 Å². The van der Waals surface area contributed by atoms with E-state index < -0.39 is 4.81 Å². The zero-order valence-corrected chi connectivity index (χ0v) is 21.8. The number of hydroxylamine groups is 4. The molecule has 0 fully saturated rings. The number of quaternary nitrogens is 1. The number of unbranched alkanes of at least 4 members (excludes halogenated alkanes) is 12. The molecule has 0 bridgehead atoms. The zero-order chi connectivity index (χ0) is 23.2. The van der Waals surface area contributed by atoms with E-state index in [1.54, 1.807) is 0 Å². The first-order chi connectivity index (χ1) is 15.0. The minimum Gasteiger partial charge on any atom is -1.00 e. The summed E-state index contributed by atoms with van der Waals surface area (Å²) in [5.41, 5.74) is 0. The van der Waals surface area contributed by atoms with E-state index in [0.29, 0.717) is 25.8 Å². The normalized spacial score (nSPS) is 11.1. The smallest absolute Gasteiger partial charge is 0.372 e. The summed E-state index contributed by atoms with van der Waals surface area (Å²) in [4.78, 5) is 35.5. The molecule has 0 amide bonds. The largest absolute Gasteiger partial charge is 1.00 e. The van der Waals surface area contributed by atoms with Crippen molar-refractivity contribution in [2.45, 2.75) is 130 Å². The van der Waals surface area contributed by atoms with Crippen molar-refractivity contribution in [1.29, 1.82) is 0 Å². The highest BCUT2D eigenvalue weighted by Gasteiger charge is 2.37. The summed E-state index contributed by atoms with van der Waals surface area (Å²) >= 11 is 0. The van der Waals surface area contributed by atoms with Gasteiger partial charge in [0.25, 0.3) is 0 Å². The number of aliphatic hydroxyl groups is 1. The molecule has 0 spiro atoms. The molecule has 0 aromatic carbocycles. The molecular weight excluding hydrogens is 430 g/mol. The maximum Gasteiger partial charge on any atom is 0.372 e. The Morgan fingerprint density at radius 3 is 1.31 bits per heavy atom. The number of hydrogen-bond acceptors (Lipinski definition) is 5. The highest BCUT2D eigenvalue weighted by Crippen LogP contribution is 2.17. The van der Waals surface area contributed by atoms with Crippen LogP contribution in [0.5, 0.6) is 0 Å². The Labute approximate surface area is 203 Å². The SMILES string of the molecule is CCCCCCCCCC(=O)O[N+](CCC)(CCO)OC(=O)CCCCCCCCC.[Cl-]. The van der Waals surface area contributed by atoms with Crippen LogP contribution in [0.3, 0.4) is 0 Å². The zero-order valence-electron chi connectivity index (χ0n) is 21.0. The van der Waals surface area contributed by atoms with Crippen molar-refractivity contribution in [1.82, 2.24) is 0 Å². The van der Waals surface area contributed by atoms with Gasteiger partial charge in [-0.05, 0) is 12.8 Å². The van der Waals surface area contributed by atoms with E-state index in [-0.39, 0.29) is 37.5 Å². The lowest BCUT2D eigenvalue weighted by Gasteiger charge is -2.30. The summed E-state index contributed by atoms with van der Waals surface area (Å²) in [6, 6.07) is 0. The molecule has 0 rings (SSSR count). The van der Waals surface area contributed by atoms with Gasteiger partial charge in [0.2, 0.25) is 0 Å². The molecule has 0 atom stereocenters. The van der Waals surface area contributed by atoms with Crippen molar-refractivity contribution in [3.05, 3.63) is 0 Å². The Bertz CT molecular complexity index is 408. The summed E-state index contributed by atoms with van der Waals surface area (Å²) < 4.78 is 0. The molecule has 0 unspecified atom stereocenters. The molecule has 7 heteroatoms. The van der Waals surface area contributed by atoms with Crippen LogP contribution in [-0.4, -0.2) is 41.6 Å². The second kappa shape index (κ2) is 23.3. The second-order valence-corrected chi connectivity index (χ2v) is 8.65. The first-order valence-electron chi connectivity index (χ1n) is 13.0. The molecule has 0 radical (unpaired) electrons. The lowest BCUT2D eigenvalue weighted by atomic mass is 10.1. The predicted octanol–water partition coefficient (Wildman–Crippen LogP) is 3.41. The number of halogens is 1. The molecule has 0 saturated heterocycles. The summed E-state index contributed by atoms with van der Waals surface area (Å²) in [5.74, 6) is -0.724. The van der Waals surface area contributed by atoms with Gasteiger partial charge in [0.1, 0.15) is 6.61 Å². The molecule has 0 aliphatic heterocycles. The van der Waals surface area contributed by atoms with E-state index in [2.05, 4.69) is 13.8 Å². The van der Waals surface area contributed by atoms with Crippen LogP contribution in [0.2, 0.25) is 0 Å². The maximum atomic E-state index is 12.4. The highest BCUT2D eigenvalue weighted by atomic mass is 35.5. The van der Waals surface area contributed by atoms with Crippen LogP contribution < -0.4 is 12.4 Å². The summed E-state index contributed by atoms with van der Waals surface area (Å²) in [6.45, 7) is 6.55. The first kappa shape index (κ1) is 33.3. The van der Waals surface area contributed by atoms with Crippen molar-refractivity contribution in [3.63, 3.8) is 0 Å². The second-order valence-electron chi connectivity index (χ2n) is 8.65. The van der Waals surface area contributed by atoms with Gasteiger partial charge >= 0.3 is 11.9 Å². The number of rotatable bonds is 22. The Balaban J connectivity index is 0. The monoisotopic (exact) mass is 479 g/mol. The Kier molecular flexibility index (Phi) is 24.3. The van der Waals surface area contributed by atoms with Crippen molar-refractivity contribution in [2.24, 2.45) is 0 Å². The number of nitrogens with zero attached hydrogens (tertiary/aromatic N) is 1. The van der Waals surface area contributed by atoms with E-state index in [1.807, 2.05) is 6.92 Å². The molecule has 0 aromatic heterocycles. The Morgan fingerprint density at radius 1 is 0.594 bits per heavy atom. The van der Waals surface area contributed by atoms with Crippen molar-refractivity contribution in [2.75, 3.05) is 19.7 Å². The van der Waals surface area contributed by atoms with Gasteiger partial charge in [0.05, 0.1) is 12.8 Å². The molecule has 0 saturated carbocycles. The highest BCUT2D eigenvalue weighted by molar-refractivity contribution is 5.69. The fourth-order valence-electron chi connectivity index (χ4n) is 3.72. The van der Waals surface area contributed by atoms with Gasteiger partial charge in [-0.1, -0.05) is 97.8 Å². The number of aliphatic hydroxyl groups excluding tert-OH is 1. The molecule has 0 aliphatic rings. The average molecular weight is 480 g/mol. The van der Waals surface area contributed by atoms with Gasteiger partial charge in [0, 0.05) is 11.2 Å². The molecule has 0 aliphatic carbocycles. The number of carbonyl (C=O) groups excluding carboxylic acids is 2. The Hall–Kier alpha value is -0.850. The Morgan fingerprint density at radius 2 is 0.969 bits per heavy atom. The van der Waals surface area contributed by atoms with Crippen molar-refractivity contribution >= 4 is 11.9 Å². The summed E-state index contributed by atoms with van der Waals surface area (Å²) in [5, 5.41) is 9.49. The average Bonchev–Trinajstić information content (AvgIpc) is 2.72. The van der Waals surface area contributed by atoms with E-state index >= 15 is 0 Å². The van der Waals surface area contributed by atoms with Gasteiger partial charge in [-0.2, -0.15) is 0 Å². The van der Waals surface area contributed by atoms with Gasteiger partial charge in [-0.25, -0.2) is 19.3 Å². The molecule has 6 nitrogen and oxygen atoms in total. The third-order valence-electron chi connectivity index (χ3n) is 5.51. The predicted molar refractivity (Wildman–Crippen MR) is 125 cm³/mol. The van der Waals surface area contributed by atoms with Gasteiger partial charge < -0.3 is 17.5 Å². The van der Waals surface area contributed by atoms with Crippen molar-refractivity contribution < 1.29 is 41.6 Å². The van der Waals surface area contributed by atoms with E-state index in [0.717, 1.165) is 38.5 Å². The summed E-state index contributed by atoms with van der Waals surface area (Å²) in [7, 11) is 0. The topological polar surface area (TPSA) is 72.8 Å². The molecular formula is C25H50ClNO5. The fourth-order valence-corrected chi connectivity index (χ4v) is 3.72. The third-order valence-corrected chi connectivity index (χ3v) is 5.51. The van der Waals surface area contributed by atoms with E-state index in [4.69, 9.17) is 9.68 Å². The van der Waals surface area contributed by atoms with Crippen molar-refractivity contribution in [3.8, 4) is 0 Å². The van der Waals surface area contributed by atoms with E-state index in [1.165, 1.54) is 51.4 Å². The molecule has 1 N–H and O–H groups in total. The van der Waals surface area contributed by atoms with Crippen LogP contribution in [0, 0.1) is 0 Å². The first-order valence-corrected chi connectivity index (χ1v) is 13.0. The van der Waals surface area contributed by atoms with Crippen LogP contribution in [0.15, 0.2) is 0 Å². The minimum absolute atomic E-state index is 0. The lowest BCUT2D eigenvalue weighted by molar-refractivity contribution is -1.22. The van der Waals surface area contributed by atoms with Gasteiger partial charge in [-0.3, -0.25) is 0 Å². The maximum absolute atomic E-state index is 12.4.